The zero-order chi connectivity index (χ0) is 51.0. The standard InChI is InChI=1S/C32H28N6O24S7/c39-30-27(36-33-18-1-5-20(6-2-18)65(44,45)11-9-57-64-62-60-43)31(40)29(32(41)28(30)37-34-19-3-7-21(8-4-19)66(46,47)12-10-58-69(54,55)56)38-35-24-16-23-17(14-25(24)63-61-59-42)13-22(67(48,49)50)15-26(23)68(51,52)53/h1-8,13-16,39-43H,9-12H2,(H,48,49,50)(H,51,52,53)(H,54,55,56)/b36-33+,37-34+,38-35+. The van der Waals surface area contributed by atoms with Gasteiger partial charge >= 0.3 is 10.4 Å². The number of fused-ring (bicyclic) bond motifs is 1. The lowest BCUT2D eigenvalue weighted by atomic mass is 10.1. The molecule has 69 heavy (non-hydrogen) atoms. The van der Waals surface area contributed by atoms with Crippen LogP contribution in [0.25, 0.3) is 10.8 Å². The van der Waals surface area contributed by atoms with Crippen LogP contribution in [0.1, 0.15) is 0 Å². The minimum atomic E-state index is -5.27. The Kier molecular flexibility index (Phi) is 17.8. The van der Waals surface area contributed by atoms with E-state index in [0.717, 1.165) is 66.7 Å². The summed E-state index contributed by atoms with van der Waals surface area (Å²) < 4.78 is 166. The first-order chi connectivity index (χ1) is 32.3. The molecular weight excluding hydrogens is 1080 g/mol. The van der Waals surface area contributed by atoms with E-state index >= 15 is 0 Å². The molecule has 0 spiro atoms. The number of sulfone groups is 2. The summed E-state index contributed by atoms with van der Waals surface area (Å²) in [5, 5.41) is 79.9. The number of phenols is 3. The lowest BCUT2D eigenvalue weighted by Gasteiger charge is -2.11. The fourth-order valence-corrected chi connectivity index (χ4v) is 10.00. The number of aromatic hydroxyl groups is 3. The lowest BCUT2D eigenvalue weighted by Crippen LogP contribution is -2.15. The number of hydrogen-bond donors (Lipinski definition) is 8. The van der Waals surface area contributed by atoms with Gasteiger partial charge in [-0.05, 0) is 78.2 Å². The Morgan fingerprint density at radius 1 is 0.522 bits per heavy atom. The van der Waals surface area contributed by atoms with Crippen molar-refractivity contribution in [2.24, 2.45) is 30.7 Å². The van der Waals surface area contributed by atoms with E-state index in [4.69, 9.17) is 19.3 Å². The molecule has 0 amide bonds. The van der Waals surface area contributed by atoms with Crippen molar-refractivity contribution >= 4 is 120 Å². The molecule has 30 nitrogen and oxygen atoms in total. The second-order valence-corrected chi connectivity index (χ2v) is 22.1. The van der Waals surface area contributed by atoms with E-state index in [1.807, 2.05) is 0 Å². The minimum Gasteiger partial charge on any atom is -0.504 e. The van der Waals surface area contributed by atoms with E-state index in [9.17, 15) is 66.5 Å². The van der Waals surface area contributed by atoms with Crippen LogP contribution in [0.2, 0.25) is 0 Å². The van der Waals surface area contributed by atoms with Gasteiger partial charge in [0.25, 0.3) is 20.2 Å². The average molecular weight is 1110 g/mol. The third-order valence-electron chi connectivity index (χ3n) is 8.35. The highest BCUT2D eigenvalue weighted by Gasteiger charge is 2.27. The number of phenolic OH excluding ortho intramolecular Hbond substituents is 3. The third kappa shape index (κ3) is 14.6. The Morgan fingerprint density at radius 2 is 1.00 bits per heavy atom. The summed E-state index contributed by atoms with van der Waals surface area (Å²) in [5.41, 5.74) is -3.60. The zero-order valence-corrected chi connectivity index (χ0v) is 39.1. The molecule has 37 heteroatoms. The van der Waals surface area contributed by atoms with Gasteiger partial charge < -0.3 is 15.3 Å². The molecule has 0 radical (unpaired) electrons. The van der Waals surface area contributed by atoms with E-state index in [0.29, 0.717) is 6.07 Å². The van der Waals surface area contributed by atoms with Crippen LogP contribution in [0.15, 0.2) is 128 Å². The van der Waals surface area contributed by atoms with E-state index in [1.165, 1.54) is 0 Å². The maximum absolute atomic E-state index is 12.7. The Morgan fingerprint density at radius 3 is 1.45 bits per heavy atom. The highest BCUT2D eigenvalue weighted by atomic mass is 32.3. The molecule has 0 aromatic heterocycles. The van der Waals surface area contributed by atoms with Crippen molar-refractivity contribution in [2.75, 3.05) is 24.7 Å². The van der Waals surface area contributed by atoms with Crippen molar-refractivity contribution in [3.63, 3.8) is 0 Å². The molecule has 0 aliphatic carbocycles. The topological polar surface area (TPSA) is 462 Å². The average Bonchev–Trinajstić information content (AvgIpc) is 3.26. The van der Waals surface area contributed by atoms with Crippen LogP contribution in [-0.4, -0.2) is 106 Å². The second-order valence-electron chi connectivity index (χ2n) is 12.7. The van der Waals surface area contributed by atoms with Gasteiger partial charge in [-0.15, -0.1) is 29.1 Å². The van der Waals surface area contributed by atoms with Gasteiger partial charge in [0.05, 0.1) is 67.7 Å². The summed E-state index contributed by atoms with van der Waals surface area (Å²) in [6, 6.07) is 11.7. The lowest BCUT2D eigenvalue weighted by molar-refractivity contribution is -0.434. The summed E-state index contributed by atoms with van der Waals surface area (Å²) in [4.78, 5) is -2.95. The quantitative estimate of drug-likeness (QED) is 0.00864. The molecule has 372 valence electrons. The van der Waals surface area contributed by atoms with Crippen molar-refractivity contribution in [2.45, 2.75) is 24.5 Å². The third-order valence-corrected chi connectivity index (χ3v) is 14.9. The fraction of sp³-hybridized carbons (Fsp3) is 0.125. The maximum Gasteiger partial charge on any atom is 0.397 e. The number of hydrogen-bond acceptors (Lipinski definition) is 29. The Bertz CT molecular complexity index is 3400. The van der Waals surface area contributed by atoms with Gasteiger partial charge in [0.1, 0.15) is 10.6 Å². The second kappa shape index (κ2) is 22.5. The Balaban J connectivity index is 1.62. The van der Waals surface area contributed by atoms with Gasteiger partial charge in [0, 0.05) is 5.39 Å². The van der Waals surface area contributed by atoms with Crippen LogP contribution in [0.5, 0.6) is 17.2 Å². The van der Waals surface area contributed by atoms with Crippen molar-refractivity contribution in [3.05, 3.63) is 72.8 Å². The molecule has 5 aromatic rings. The Hall–Kier alpha value is -5.43. The van der Waals surface area contributed by atoms with Crippen molar-refractivity contribution in [1.82, 2.24) is 0 Å². The SMILES string of the molecule is O=S(=O)(O)OCCS(=O)(=O)c1ccc(/N=N/c2c(O)c(/N=N/c3ccc(S(=O)(=O)CCOSOOO)cc3)c(O)c(/N=N/c3cc4c(S(=O)(=O)O)cc(S(=O)(=O)O)cc4cc3SOOO)c2O)cc1. The van der Waals surface area contributed by atoms with Gasteiger partial charge in [-0.1, -0.05) is 10.1 Å². The van der Waals surface area contributed by atoms with Crippen LogP contribution < -0.4 is 0 Å². The Labute approximate surface area is 396 Å². The molecule has 8 N–H and O–H groups in total. The van der Waals surface area contributed by atoms with Gasteiger partial charge in [0.2, 0.25) is 0 Å². The highest BCUT2D eigenvalue weighted by Crippen LogP contribution is 2.57. The number of benzene rings is 5. The molecule has 0 bridgehead atoms. The molecule has 0 atom stereocenters. The smallest absolute Gasteiger partial charge is 0.397 e. The molecule has 0 saturated carbocycles. The van der Waals surface area contributed by atoms with Crippen LogP contribution in [-0.2, 0) is 77.4 Å². The largest absolute Gasteiger partial charge is 0.504 e. The van der Waals surface area contributed by atoms with Crippen LogP contribution in [0.4, 0.5) is 34.1 Å². The molecule has 5 aromatic carbocycles. The summed E-state index contributed by atoms with van der Waals surface area (Å²) in [7, 11) is -23.4. The summed E-state index contributed by atoms with van der Waals surface area (Å²) in [6.07, 6.45) is 0. The van der Waals surface area contributed by atoms with Crippen molar-refractivity contribution in [1.29, 1.82) is 0 Å². The van der Waals surface area contributed by atoms with Crippen LogP contribution >= 0.6 is 24.4 Å². The number of rotatable bonds is 23. The molecule has 0 heterocycles. The molecule has 0 aliphatic heterocycles. The first kappa shape index (κ1) is 54.5. The fourth-order valence-electron chi connectivity index (χ4n) is 5.29. The van der Waals surface area contributed by atoms with Crippen LogP contribution in [0, 0.1) is 0 Å². The first-order valence-electron chi connectivity index (χ1n) is 17.6. The monoisotopic (exact) mass is 1100 g/mol. The molecule has 5 rings (SSSR count). The van der Waals surface area contributed by atoms with Gasteiger partial charge in [-0.25, -0.2) is 31.5 Å². The molecular formula is C32H28N6O24S7. The number of nitrogens with zero attached hydrogens (tertiary/aromatic N) is 6. The molecule has 0 unspecified atom stereocenters. The predicted octanol–water partition coefficient (Wildman–Crippen LogP) is 6.49. The van der Waals surface area contributed by atoms with Crippen molar-refractivity contribution in [3.8, 4) is 17.2 Å². The first-order valence-corrected chi connectivity index (χ1v) is 26.5. The summed E-state index contributed by atoms with van der Waals surface area (Å²) in [6.45, 7) is -1.34. The summed E-state index contributed by atoms with van der Waals surface area (Å²) >= 11 is 0.300. The van der Waals surface area contributed by atoms with Gasteiger partial charge in [-0.3, -0.25) is 17.8 Å². The summed E-state index contributed by atoms with van der Waals surface area (Å²) in [5.74, 6) is -4.99. The van der Waals surface area contributed by atoms with Gasteiger partial charge in [-0.2, -0.15) is 35.5 Å². The van der Waals surface area contributed by atoms with Crippen LogP contribution in [0.3, 0.4) is 0 Å². The minimum absolute atomic E-state index is 0.109. The zero-order valence-electron chi connectivity index (χ0n) is 33.4. The van der Waals surface area contributed by atoms with E-state index in [-0.39, 0.29) is 55.8 Å². The molecule has 0 aliphatic rings. The number of azo groups is 3. The molecule has 0 fully saturated rings. The normalized spacial score (nSPS) is 13.1. The van der Waals surface area contributed by atoms with Gasteiger partial charge in [0.15, 0.2) is 66.3 Å². The van der Waals surface area contributed by atoms with Crippen molar-refractivity contribution < 1.29 is 109 Å². The van der Waals surface area contributed by atoms with E-state index in [2.05, 4.69) is 53.6 Å². The highest BCUT2D eigenvalue weighted by molar-refractivity contribution is 7.94. The van der Waals surface area contributed by atoms with E-state index < -0.39 is 130 Å². The van der Waals surface area contributed by atoms with E-state index in [1.54, 1.807) is 0 Å². The predicted molar refractivity (Wildman–Crippen MR) is 231 cm³/mol. The maximum atomic E-state index is 12.7. The molecule has 0 saturated heterocycles.